The third-order valence-corrected chi connectivity index (χ3v) is 3.79. The Labute approximate surface area is 111 Å². The van der Waals surface area contributed by atoms with Crippen LogP contribution in [-0.2, 0) is 6.42 Å². The Morgan fingerprint density at radius 3 is 2.33 bits per heavy atom. The van der Waals surface area contributed by atoms with Crippen molar-refractivity contribution in [1.82, 2.24) is 0 Å². The molecule has 0 aromatic heterocycles. The summed E-state index contributed by atoms with van der Waals surface area (Å²) in [6.45, 7) is 8.91. The van der Waals surface area contributed by atoms with E-state index in [-0.39, 0.29) is 0 Å². The molecule has 0 radical (unpaired) electrons. The zero-order valence-electron chi connectivity index (χ0n) is 11.8. The lowest BCUT2D eigenvalue weighted by Gasteiger charge is -2.18. The molecule has 0 nitrogen and oxygen atoms in total. The zero-order valence-corrected chi connectivity index (χ0v) is 11.8. The second-order valence-corrected chi connectivity index (χ2v) is 5.13. The highest BCUT2D eigenvalue weighted by Gasteiger charge is 2.13. The molecule has 0 aliphatic rings. The second kappa shape index (κ2) is 5.39. The molecule has 0 aliphatic carbocycles. The van der Waals surface area contributed by atoms with Crippen LogP contribution in [0.5, 0.6) is 0 Å². The predicted octanol–water partition coefficient (Wildman–Crippen LogP) is 5.02. The highest BCUT2D eigenvalue weighted by Crippen LogP contribution is 2.29. The van der Waals surface area contributed by atoms with E-state index in [4.69, 9.17) is 0 Å². The fraction of sp³-hybridized carbons (Fsp3) is 0.333. The highest BCUT2D eigenvalue weighted by atomic mass is 14.2. The Morgan fingerprint density at radius 2 is 1.67 bits per heavy atom. The van der Waals surface area contributed by atoms with Gasteiger partial charge in [0.25, 0.3) is 0 Å². The first-order valence-corrected chi connectivity index (χ1v) is 6.78. The Morgan fingerprint density at radius 1 is 0.944 bits per heavy atom. The normalized spacial score (nSPS) is 12.4. The van der Waals surface area contributed by atoms with Gasteiger partial charge in [0.05, 0.1) is 0 Å². The monoisotopic (exact) mass is 238 g/mol. The van der Waals surface area contributed by atoms with E-state index in [1.807, 2.05) is 0 Å². The summed E-state index contributed by atoms with van der Waals surface area (Å²) in [6.07, 6.45) is 1.10. The summed E-state index contributed by atoms with van der Waals surface area (Å²) in [7, 11) is 0. The molecule has 2 rings (SSSR count). The summed E-state index contributed by atoms with van der Waals surface area (Å²) in [5.74, 6) is 0.474. The highest BCUT2D eigenvalue weighted by molar-refractivity contribution is 5.41. The molecule has 1 atom stereocenters. The Bertz CT molecular complexity index is 537. The van der Waals surface area contributed by atoms with Gasteiger partial charge in [-0.05, 0) is 42.5 Å². The van der Waals surface area contributed by atoms with Crippen LogP contribution in [0.25, 0.3) is 0 Å². The summed E-state index contributed by atoms with van der Waals surface area (Å²) in [5.41, 5.74) is 7.11. The van der Waals surface area contributed by atoms with Crippen molar-refractivity contribution in [1.29, 1.82) is 0 Å². The van der Waals surface area contributed by atoms with Gasteiger partial charge in [-0.3, -0.25) is 0 Å². The smallest absolute Gasteiger partial charge is 0.00663 e. The molecule has 2 aromatic carbocycles. The van der Waals surface area contributed by atoms with Gasteiger partial charge in [-0.25, -0.2) is 0 Å². The zero-order chi connectivity index (χ0) is 13.1. The lowest BCUT2D eigenvalue weighted by molar-refractivity contribution is 0.882. The largest absolute Gasteiger partial charge is 0.0620 e. The Kier molecular flexibility index (Phi) is 3.86. The number of hydrogen-bond acceptors (Lipinski definition) is 0. The van der Waals surface area contributed by atoms with Crippen molar-refractivity contribution in [3.8, 4) is 0 Å². The van der Waals surface area contributed by atoms with Gasteiger partial charge < -0.3 is 0 Å². The van der Waals surface area contributed by atoms with Crippen LogP contribution in [0, 0.1) is 13.8 Å². The molecule has 0 aliphatic heterocycles. The summed E-state index contributed by atoms with van der Waals surface area (Å²) in [6, 6.07) is 15.6. The fourth-order valence-electron chi connectivity index (χ4n) is 2.76. The van der Waals surface area contributed by atoms with Gasteiger partial charge in [-0.2, -0.15) is 0 Å². The van der Waals surface area contributed by atoms with E-state index in [1.165, 1.54) is 27.8 Å². The minimum Gasteiger partial charge on any atom is -0.0620 e. The van der Waals surface area contributed by atoms with Gasteiger partial charge in [0.15, 0.2) is 0 Å². The minimum atomic E-state index is 0.474. The molecule has 0 fully saturated rings. The van der Waals surface area contributed by atoms with Gasteiger partial charge >= 0.3 is 0 Å². The van der Waals surface area contributed by atoms with Crippen LogP contribution in [0.2, 0.25) is 0 Å². The number of aryl methyl sites for hydroxylation is 3. The van der Waals surface area contributed by atoms with E-state index in [9.17, 15) is 0 Å². The first kappa shape index (κ1) is 12.9. The molecule has 94 valence electrons. The van der Waals surface area contributed by atoms with Crippen molar-refractivity contribution in [2.75, 3.05) is 0 Å². The van der Waals surface area contributed by atoms with E-state index >= 15 is 0 Å². The fourth-order valence-corrected chi connectivity index (χ4v) is 2.76. The van der Waals surface area contributed by atoms with E-state index < -0.39 is 0 Å². The number of hydrogen-bond donors (Lipinski definition) is 0. The van der Waals surface area contributed by atoms with Crippen molar-refractivity contribution >= 4 is 0 Å². The van der Waals surface area contributed by atoms with E-state index in [2.05, 4.69) is 70.2 Å². The van der Waals surface area contributed by atoms with Crippen LogP contribution in [0.4, 0.5) is 0 Å². The Balaban J connectivity index is 2.44. The average molecular weight is 238 g/mol. The first-order chi connectivity index (χ1) is 8.63. The molecule has 18 heavy (non-hydrogen) atoms. The van der Waals surface area contributed by atoms with Crippen LogP contribution in [0.3, 0.4) is 0 Å². The minimum absolute atomic E-state index is 0.474. The van der Waals surface area contributed by atoms with E-state index in [0.717, 1.165) is 6.42 Å². The molecule has 0 heterocycles. The molecule has 0 saturated carbocycles. The van der Waals surface area contributed by atoms with Crippen LogP contribution >= 0.6 is 0 Å². The molecule has 1 unspecified atom stereocenters. The van der Waals surface area contributed by atoms with Gasteiger partial charge in [0.2, 0.25) is 0 Å². The Hall–Kier alpha value is -1.56. The van der Waals surface area contributed by atoms with Crippen molar-refractivity contribution in [3.05, 3.63) is 70.3 Å². The first-order valence-electron chi connectivity index (χ1n) is 6.78. The molecule has 0 spiro atoms. The molecular formula is C18H22. The molecule has 2 aromatic rings. The third-order valence-electron chi connectivity index (χ3n) is 3.79. The van der Waals surface area contributed by atoms with E-state index in [0.29, 0.717) is 5.92 Å². The van der Waals surface area contributed by atoms with Gasteiger partial charge in [-0.1, -0.05) is 61.9 Å². The van der Waals surface area contributed by atoms with Crippen molar-refractivity contribution in [3.63, 3.8) is 0 Å². The third kappa shape index (κ3) is 2.48. The van der Waals surface area contributed by atoms with Gasteiger partial charge in [0, 0.05) is 5.92 Å². The van der Waals surface area contributed by atoms with Crippen molar-refractivity contribution in [2.24, 2.45) is 0 Å². The van der Waals surface area contributed by atoms with Crippen molar-refractivity contribution in [2.45, 2.75) is 40.0 Å². The standard InChI is InChI=1S/C18H22/c1-5-16-8-6-7-9-18(16)15(4)17-11-10-13(2)12-14(17)3/h6-12,15H,5H2,1-4H3. The SMILES string of the molecule is CCc1ccccc1C(C)c1ccc(C)cc1C. The molecular weight excluding hydrogens is 216 g/mol. The topological polar surface area (TPSA) is 0 Å². The summed E-state index contributed by atoms with van der Waals surface area (Å²) >= 11 is 0. The average Bonchev–Trinajstić information content (AvgIpc) is 2.38. The van der Waals surface area contributed by atoms with E-state index in [1.54, 1.807) is 0 Å². The maximum atomic E-state index is 2.31. The summed E-state index contributed by atoms with van der Waals surface area (Å²) in [4.78, 5) is 0. The predicted molar refractivity (Wildman–Crippen MR) is 79.3 cm³/mol. The molecule has 0 amide bonds. The number of rotatable bonds is 3. The summed E-state index contributed by atoms with van der Waals surface area (Å²) < 4.78 is 0. The quantitative estimate of drug-likeness (QED) is 0.704. The van der Waals surface area contributed by atoms with Crippen LogP contribution < -0.4 is 0 Å². The van der Waals surface area contributed by atoms with Crippen LogP contribution in [0.15, 0.2) is 42.5 Å². The van der Waals surface area contributed by atoms with Gasteiger partial charge in [0.1, 0.15) is 0 Å². The van der Waals surface area contributed by atoms with Crippen LogP contribution in [0.1, 0.15) is 47.6 Å². The lowest BCUT2D eigenvalue weighted by atomic mass is 9.86. The second-order valence-electron chi connectivity index (χ2n) is 5.13. The number of benzene rings is 2. The summed E-state index contributed by atoms with van der Waals surface area (Å²) in [5, 5.41) is 0. The lowest BCUT2D eigenvalue weighted by Crippen LogP contribution is -2.02. The maximum absolute atomic E-state index is 2.31. The molecule has 0 N–H and O–H groups in total. The molecule has 0 bridgehead atoms. The van der Waals surface area contributed by atoms with Gasteiger partial charge in [-0.15, -0.1) is 0 Å². The molecule has 0 saturated heterocycles. The molecule has 0 heteroatoms. The maximum Gasteiger partial charge on any atom is 0.00663 e. The van der Waals surface area contributed by atoms with Crippen LogP contribution in [-0.4, -0.2) is 0 Å². The van der Waals surface area contributed by atoms with Crippen molar-refractivity contribution < 1.29 is 0 Å².